The maximum Gasteiger partial charge on any atom is 0.234 e. The molecule has 0 unspecified atom stereocenters. The largest absolute Gasteiger partial charge is 0.325 e. The highest BCUT2D eigenvalue weighted by molar-refractivity contribution is 7.99. The van der Waals surface area contributed by atoms with Gasteiger partial charge in [0.05, 0.1) is 17.9 Å². The molecule has 3 rings (SSSR count). The predicted molar refractivity (Wildman–Crippen MR) is 120 cm³/mol. The van der Waals surface area contributed by atoms with Crippen molar-refractivity contribution < 1.29 is 14.0 Å². The van der Waals surface area contributed by atoms with Crippen LogP contribution in [-0.2, 0) is 23.1 Å². The summed E-state index contributed by atoms with van der Waals surface area (Å²) < 4.78 is 15.6. The SMILES string of the molecule is Cc1ccc(NC(=O)CSc2nnc(CC(=O)Nc3cc(C)ccc3C)n2C)c(F)c1. The second kappa shape index (κ2) is 9.74. The Bertz CT molecular complexity index is 1130. The minimum absolute atomic E-state index is 0.0357. The lowest BCUT2D eigenvalue weighted by Crippen LogP contribution is -2.18. The fourth-order valence-electron chi connectivity index (χ4n) is 2.87. The van der Waals surface area contributed by atoms with Crippen LogP contribution in [0.25, 0.3) is 0 Å². The number of nitrogens with one attached hydrogen (secondary N) is 2. The molecule has 31 heavy (non-hydrogen) atoms. The number of aryl methyl sites for hydroxylation is 3. The molecule has 3 aromatic rings. The summed E-state index contributed by atoms with van der Waals surface area (Å²) in [5.41, 5.74) is 3.71. The zero-order valence-corrected chi connectivity index (χ0v) is 18.6. The van der Waals surface area contributed by atoms with E-state index in [4.69, 9.17) is 0 Å². The molecule has 0 bridgehead atoms. The van der Waals surface area contributed by atoms with Crippen LogP contribution in [0.1, 0.15) is 22.5 Å². The maximum absolute atomic E-state index is 13.9. The molecule has 0 spiro atoms. The molecule has 0 aliphatic carbocycles. The molecular weight excluding hydrogens is 417 g/mol. The standard InChI is InChI=1S/C22H24FN5O2S/c1-13-6-8-17(16(23)9-13)24-21(30)12-31-22-27-26-19(28(22)4)11-20(29)25-18-10-14(2)5-7-15(18)3/h5-10H,11-12H2,1-4H3,(H,24,30)(H,25,29). The molecule has 1 heterocycles. The summed E-state index contributed by atoms with van der Waals surface area (Å²) in [4.78, 5) is 24.6. The van der Waals surface area contributed by atoms with Crippen molar-refractivity contribution in [1.82, 2.24) is 14.8 Å². The number of rotatable bonds is 7. The number of anilines is 2. The van der Waals surface area contributed by atoms with Gasteiger partial charge in [-0.15, -0.1) is 10.2 Å². The first kappa shape index (κ1) is 22.5. The van der Waals surface area contributed by atoms with Crippen molar-refractivity contribution in [2.75, 3.05) is 16.4 Å². The van der Waals surface area contributed by atoms with Gasteiger partial charge in [-0.1, -0.05) is 30.0 Å². The lowest BCUT2D eigenvalue weighted by molar-refractivity contribution is -0.116. The number of nitrogens with zero attached hydrogens (tertiary/aromatic N) is 3. The van der Waals surface area contributed by atoms with E-state index in [-0.39, 0.29) is 29.7 Å². The van der Waals surface area contributed by atoms with Crippen LogP contribution in [0.2, 0.25) is 0 Å². The Morgan fingerprint density at radius 1 is 0.968 bits per heavy atom. The molecule has 0 aliphatic rings. The summed E-state index contributed by atoms with van der Waals surface area (Å²) in [6, 6.07) is 10.5. The van der Waals surface area contributed by atoms with Crippen molar-refractivity contribution in [2.45, 2.75) is 32.3 Å². The first-order valence-corrected chi connectivity index (χ1v) is 10.7. The van der Waals surface area contributed by atoms with E-state index >= 15 is 0 Å². The van der Waals surface area contributed by atoms with Crippen LogP contribution in [0.4, 0.5) is 15.8 Å². The zero-order valence-electron chi connectivity index (χ0n) is 17.8. The first-order chi connectivity index (χ1) is 14.7. The number of halogens is 1. The second-order valence-corrected chi connectivity index (χ2v) is 8.26. The number of carbonyl (C=O) groups excluding carboxylic acids is 2. The third-order valence-electron chi connectivity index (χ3n) is 4.64. The van der Waals surface area contributed by atoms with Gasteiger partial charge >= 0.3 is 0 Å². The number of aromatic nitrogens is 3. The molecule has 0 atom stereocenters. The topological polar surface area (TPSA) is 88.9 Å². The molecule has 2 aromatic carbocycles. The summed E-state index contributed by atoms with van der Waals surface area (Å²) in [6.07, 6.45) is 0.0538. The number of hydrogen-bond acceptors (Lipinski definition) is 5. The molecule has 2 N–H and O–H groups in total. The van der Waals surface area contributed by atoms with Crippen LogP contribution < -0.4 is 10.6 Å². The van der Waals surface area contributed by atoms with Gasteiger partial charge in [-0.2, -0.15) is 0 Å². The van der Waals surface area contributed by atoms with Crippen LogP contribution >= 0.6 is 11.8 Å². The van der Waals surface area contributed by atoms with E-state index in [2.05, 4.69) is 20.8 Å². The van der Waals surface area contributed by atoms with Crippen molar-refractivity contribution in [1.29, 1.82) is 0 Å². The van der Waals surface area contributed by atoms with E-state index in [1.807, 2.05) is 32.0 Å². The molecule has 0 fully saturated rings. The van der Waals surface area contributed by atoms with Gasteiger partial charge in [0.2, 0.25) is 11.8 Å². The summed E-state index contributed by atoms with van der Waals surface area (Å²) in [7, 11) is 1.74. The molecule has 0 radical (unpaired) electrons. The quantitative estimate of drug-likeness (QED) is 0.545. The minimum Gasteiger partial charge on any atom is -0.325 e. The normalized spacial score (nSPS) is 10.7. The average molecular weight is 442 g/mol. The van der Waals surface area contributed by atoms with Gasteiger partial charge in [0.25, 0.3) is 0 Å². The molecule has 9 heteroatoms. The molecule has 0 aliphatic heterocycles. The monoisotopic (exact) mass is 441 g/mol. The van der Waals surface area contributed by atoms with E-state index in [1.165, 1.54) is 12.1 Å². The van der Waals surface area contributed by atoms with E-state index in [0.717, 1.165) is 34.1 Å². The van der Waals surface area contributed by atoms with Crippen molar-refractivity contribution in [3.63, 3.8) is 0 Å². The summed E-state index contributed by atoms with van der Waals surface area (Å²) >= 11 is 1.16. The van der Waals surface area contributed by atoms with Gasteiger partial charge in [-0.3, -0.25) is 9.59 Å². The summed E-state index contributed by atoms with van der Waals surface area (Å²) in [5, 5.41) is 14.1. The van der Waals surface area contributed by atoms with E-state index < -0.39 is 5.82 Å². The Morgan fingerprint density at radius 3 is 2.39 bits per heavy atom. The third kappa shape index (κ3) is 5.91. The molecule has 0 saturated carbocycles. The van der Waals surface area contributed by atoms with E-state index in [0.29, 0.717) is 11.0 Å². The molecule has 0 saturated heterocycles. The van der Waals surface area contributed by atoms with Crippen LogP contribution in [0.15, 0.2) is 41.6 Å². The van der Waals surface area contributed by atoms with Crippen molar-refractivity contribution in [3.05, 3.63) is 64.7 Å². The van der Waals surface area contributed by atoms with Crippen molar-refractivity contribution in [3.8, 4) is 0 Å². The summed E-state index contributed by atoms with van der Waals surface area (Å²) in [6.45, 7) is 5.67. The Morgan fingerprint density at radius 2 is 1.65 bits per heavy atom. The minimum atomic E-state index is -0.478. The predicted octanol–water partition coefficient (Wildman–Crippen LogP) is 3.79. The highest BCUT2D eigenvalue weighted by atomic mass is 32.2. The smallest absolute Gasteiger partial charge is 0.234 e. The highest BCUT2D eigenvalue weighted by Gasteiger charge is 2.16. The van der Waals surface area contributed by atoms with Crippen molar-refractivity contribution in [2.24, 2.45) is 7.05 Å². The Hall–Kier alpha value is -3.20. The number of thioether (sulfide) groups is 1. The average Bonchev–Trinajstić information content (AvgIpc) is 3.05. The molecule has 2 amide bonds. The lowest BCUT2D eigenvalue weighted by atomic mass is 10.1. The van der Waals surface area contributed by atoms with Crippen LogP contribution in [0, 0.1) is 26.6 Å². The van der Waals surface area contributed by atoms with Crippen molar-refractivity contribution >= 4 is 35.0 Å². The number of benzene rings is 2. The van der Waals surface area contributed by atoms with Gasteiger partial charge in [0, 0.05) is 12.7 Å². The number of amides is 2. The molecule has 162 valence electrons. The molecule has 1 aromatic heterocycles. The first-order valence-electron chi connectivity index (χ1n) is 9.67. The fourth-order valence-corrected chi connectivity index (χ4v) is 3.60. The highest BCUT2D eigenvalue weighted by Crippen LogP contribution is 2.20. The van der Waals surface area contributed by atoms with Crippen LogP contribution in [0.5, 0.6) is 0 Å². The Labute approximate surface area is 184 Å². The van der Waals surface area contributed by atoms with E-state index in [1.54, 1.807) is 24.6 Å². The van der Waals surface area contributed by atoms with Gasteiger partial charge in [-0.25, -0.2) is 4.39 Å². The number of hydrogen-bond donors (Lipinski definition) is 2. The molecular formula is C22H24FN5O2S. The van der Waals surface area contributed by atoms with Crippen LogP contribution in [-0.4, -0.2) is 32.3 Å². The third-order valence-corrected chi connectivity index (χ3v) is 5.66. The fraction of sp³-hybridized carbons (Fsp3) is 0.273. The molecule has 7 nitrogen and oxygen atoms in total. The van der Waals surface area contributed by atoms with Gasteiger partial charge < -0.3 is 15.2 Å². The van der Waals surface area contributed by atoms with Gasteiger partial charge in [-0.05, 0) is 55.7 Å². The number of carbonyl (C=O) groups is 2. The lowest BCUT2D eigenvalue weighted by Gasteiger charge is -2.09. The van der Waals surface area contributed by atoms with Gasteiger partial charge in [0.15, 0.2) is 5.16 Å². The van der Waals surface area contributed by atoms with E-state index in [9.17, 15) is 14.0 Å². The second-order valence-electron chi connectivity index (χ2n) is 7.32. The Balaban J connectivity index is 1.56. The van der Waals surface area contributed by atoms with Crippen LogP contribution in [0.3, 0.4) is 0 Å². The zero-order chi connectivity index (χ0) is 22.5. The maximum atomic E-state index is 13.9. The summed E-state index contributed by atoms with van der Waals surface area (Å²) in [5.74, 6) is -0.517. The Kier molecular flexibility index (Phi) is 7.06. The van der Waals surface area contributed by atoms with Gasteiger partial charge in [0.1, 0.15) is 11.6 Å².